The van der Waals surface area contributed by atoms with E-state index in [-0.39, 0.29) is 11.3 Å². The van der Waals surface area contributed by atoms with Gasteiger partial charge < -0.3 is 5.73 Å². The number of fused-ring (bicyclic) bond motifs is 1. The largest absolute Gasteiger partial charge is 0.381 e. The van der Waals surface area contributed by atoms with Crippen LogP contribution in [0.25, 0.3) is 22.2 Å². The van der Waals surface area contributed by atoms with Crippen LogP contribution in [0, 0.1) is 12.7 Å². The molecule has 0 saturated carbocycles. The number of hydrogen-bond acceptors (Lipinski definition) is 4. The van der Waals surface area contributed by atoms with Crippen LogP contribution in [-0.2, 0) is 5.41 Å². The van der Waals surface area contributed by atoms with Crippen molar-refractivity contribution in [2.45, 2.75) is 12.3 Å². The van der Waals surface area contributed by atoms with Gasteiger partial charge in [-0.3, -0.25) is 10.1 Å². The fraction of sp³-hybridized carbons (Fsp3) is 0.0645. The van der Waals surface area contributed by atoms with Gasteiger partial charge in [0.1, 0.15) is 11.2 Å². The molecule has 0 aliphatic heterocycles. The molecule has 6 rings (SSSR count). The highest BCUT2D eigenvalue weighted by atomic mass is 19.1. The molecule has 6 heteroatoms. The molecule has 0 bridgehead atoms. The topological polar surface area (TPSA) is 80.5 Å². The molecule has 3 heterocycles. The van der Waals surface area contributed by atoms with Crippen molar-refractivity contribution in [1.82, 2.24) is 20.2 Å². The van der Waals surface area contributed by atoms with Crippen molar-refractivity contribution in [3.05, 3.63) is 143 Å². The highest BCUT2D eigenvalue weighted by Crippen LogP contribution is 2.48. The minimum Gasteiger partial charge on any atom is -0.381 e. The van der Waals surface area contributed by atoms with E-state index in [2.05, 4.69) is 51.6 Å². The molecule has 0 fully saturated rings. The first-order chi connectivity index (χ1) is 18.1. The Morgan fingerprint density at radius 2 is 1.32 bits per heavy atom. The standard InChI is InChI=1S/C31H24FN5/c1-20-19-21(17-18-34-20)27-25-28(37-36-27)26(32)30(33)35-29(25)31(22-11-5-2-6-12-22,23-13-7-3-8-14-23)24-15-9-4-10-16-24/h2-19H,1H3,(H2,33,35)(H,36,37). The second-order valence-electron chi connectivity index (χ2n) is 9.02. The summed E-state index contributed by atoms with van der Waals surface area (Å²) in [6.45, 7) is 1.91. The number of aryl methyl sites for hydroxylation is 1. The molecule has 3 N–H and O–H groups in total. The second kappa shape index (κ2) is 8.99. The molecule has 5 nitrogen and oxygen atoms in total. The van der Waals surface area contributed by atoms with Crippen molar-refractivity contribution in [3.8, 4) is 11.3 Å². The van der Waals surface area contributed by atoms with Gasteiger partial charge in [-0.05, 0) is 35.7 Å². The van der Waals surface area contributed by atoms with Crippen molar-refractivity contribution in [2.75, 3.05) is 5.73 Å². The summed E-state index contributed by atoms with van der Waals surface area (Å²) in [5.41, 5.74) is 11.3. The SMILES string of the molecule is Cc1cc(-c2n[nH]c3c(F)c(N)nc(C(c4ccccc4)(c4ccccc4)c4ccccc4)c23)ccn1. The van der Waals surface area contributed by atoms with Crippen molar-refractivity contribution in [1.29, 1.82) is 0 Å². The van der Waals surface area contributed by atoms with Crippen LogP contribution < -0.4 is 5.73 Å². The zero-order chi connectivity index (χ0) is 25.4. The van der Waals surface area contributed by atoms with Gasteiger partial charge in [0.2, 0.25) is 0 Å². The second-order valence-corrected chi connectivity index (χ2v) is 9.02. The summed E-state index contributed by atoms with van der Waals surface area (Å²) < 4.78 is 15.5. The monoisotopic (exact) mass is 485 g/mol. The number of nitrogens with two attached hydrogens (primary N) is 1. The predicted octanol–water partition coefficient (Wildman–Crippen LogP) is 6.43. The van der Waals surface area contributed by atoms with Crippen molar-refractivity contribution in [2.24, 2.45) is 0 Å². The molecule has 0 aliphatic rings. The number of anilines is 1. The molecule has 0 atom stereocenters. The summed E-state index contributed by atoms with van der Waals surface area (Å²) in [6, 6.07) is 34.2. The zero-order valence-electron chi connectivity index (χ0n) is 20.2. The van der Waals surface area contributed by atoms with Gasteiger partial charge in [-0.15, -0.1) is 0 Å². The van der Waals surface area contributed by atoms with Crippen LogP contribution in [0.5, 0.6) is 0 Å². The van der Waals surface area contributed by atoms with Gasteiger partial charge in [-0.1, -0.05) is 91.0 Å². The van der Waals surface area contributed by atoms with Crippen LogP contribution >= 0.6 is 0 Å². The average molecular weight is 486 g/mol. The number of rotatable bonds is 5. The predicted molar refractivity (Wildman–Crippen MR) is 145 cm³/mol. The van der Waals surface area contributed by atoms with E-state index in [1.165, 1.54) is 0 Å². The summed E-state index contributed by atoms with van der Waals surface area (Å²) in [4.78, 5) is 9.14. The normalized spacial score (nSPS) is 11.6. The van der Waals surface area contributed by atoms with Gasteiger partial charge in [-0.25, -0.2) is 9.37 Å². The number of aromatic amines is 1. The molecule has 3 aromatic heterocycles. The fourth-order valence-electron chi connectivity index (χ4n) is 5.23. The summed E-state index contributed by atoms with van der Waals surface area (Å²) in [5.74, 6) is -0.804. The maximum atomic E-state index is 15.5. The highest BCUT2D eigenvalue weighted by molar-refractivity contribution is 5.98. The van der Waals surface area contributed by atoms with Crippen LogP contribution in [0.15, 0.2) is 109 Å². The van der Waals surface area contributed by atoms with Gasteiger partial charge in [0, 0.05) is 17.5 Å². The van der Waals surface area contributed by atoms with Crippen LogP contribution in [0.4, 0.5) is 10.2 Å². The first kappa shape index (κ1) is 22.6. The lowest BCUT2D eigenvalue weighted by Crippen LogP contribution is -2.33. The van der Waals surface area contributed by atoms with Gasteiger partial charge >= 0.3 is 0 Å². The molecule has 0 amide bonds. The van der Waals surface area contributed by atoms with Crippen LogP contribution in [-0.4, -0.2) is 20.2 Å². The van der Waals surface area contributed by atoms with E-state index < -0.39 is 11.2 Å². The Bertz CT molecular complexity index is 1600. The van der Waals surface area contributed by atoms with Gasteiger partial charge in [-0.2, -0.15) is 5.10 Å². The number of nitrogens with zero attached hydrogens (tertiary/aromatic N) is 3. The lowest BCUT2D eigenvalue weighted by molar-refractivity contribution is 0.630. The molecule has 37 heavy (non-hydrogen) atoms. The van der Waals surface area contributed by atoms with Crippen molar-refractivity contribution >= 4 is 16.7 Å². The molecule has 3 aromatic carbocycles. The third kappa shape index (κ3) is 3.57. The number of halogens is 1. The molecule has 0 radical (unpaired) electrons. The van der Waals surface area contributed by atoms with Crippen LogP contribution in [0.3, 0.4) is 0 Å². The zero-order valence-corrected chi connectivity index (χ0v) is 20.2. The first-order valence-electron chi connectivity index (χ1n) is 12.0. The molecule has 180 valence electrons. The van der Waals surface area contributed by atoms with E-state index >= 15 is 4.39 Å². The first-order valence-corrected chi connectivity index (χ1v) is 12.0. The maximum Gasteiger partial charge on any atom is 0.190 e. The lowest BCUT2D eigenvalue weighted by atomic mass is 9.66. The summed E-state index contributed by atoms with van der Waals surface area (Å²) in [7, 11) is 0. The average Bonchev–Trinajstić information content (AvgIpc) is 3.39. The fourth-order valence-corrected chi connectivity index (χ4v) is 5.23. The van der Waals surface area contributed by atoms with Gasteiger partial charge in [0.15, 0.2) is 11.6 Å². The Labute approximate surface area is 213 Å². The molecule has 0 spiro atoms. The molecule has 0 aliphatic carbocycles. The number of benzene rings is 3. The maximum absolute atomic E-state index is 15.5. The van der Waals surface area contributed by atoms with E-state index in [1.807, 2.05) is 73.7 Å². The third-order valence-electron chi connectivity index (χ3n) is 6.83. The Morgan fingerprint density at radius 1 is 0.784 bits per heavy atom. The van der Waals surface area contributed by atoms with Crippen LogP contribution in [0.2, 0.25) is 0 Å². The van der Waals surface area contributed by atoms with Gasteiger partial charge in [0.05, 0.1) is 16.5 Å². The highest BCUT2D eigenvalue weighted by Gasteiger charge is 2.42. The quantitative estimate of drug-likeness (QED) is 0.276. The number of nitrogen functional groups attached to an aromatic ring is 1. The third-order valence-corrected chi connectivity index (χ3v) is 6.83. The summed E-state index contributed by atoms with van der Waals surface area (Å²) in [6.07, 6.45) is 1.73. The smallest absolute Gasteiger partial charge is 0.190 e. The van der Waals surface area contributed by atoms with Gasteiger partial charge in [0.25, 0.3) is 0 Å². The summed E-state index contributed by atoms with van der Waals surface area (Å²) in [5, 5.41) is 8.07. The Balaban J connectivity index is 1.84. The van der Waals surface area contributed by atoms with E-state index in [0.717, 1.165) is 27.9 Å². The van der Waals surface area contributed by atoms with Crippen molar-refractivity contribution in [3.63, 3.8) is 0 Å². The lowest BCUT2D eigenvalue weighted by Gasteiger charge is -2.36. The van der Waals surface area contributed by atoms with Crippen molar-refractivity contribution < 1.29 is 4.39 Å². The molecular formula is C31H24FN5. The molecular weight excluding hydrogens is 461 g/mol. The number of aromatic nitrogens is 4. The van der Waals surface area contributed by atoms with E-state index in [1.54, 1.807) is 6.20 Å². The van der Waals surface area contributed by atoms with Crippen LogP contribution in [0.1, 0.15) is 28.1 Å². The number of pyridine rings is 2. The van der Waals surface area contributed by atoms with E-state index in [4.69, 9.17) is 10.7 Å². The summed E-state index contributed by atoms with van der Waals surface area (Å²) >= 11 is 0. The minimum atomic E-state index is -0.912. The molecule has 0 unspecified atom stereocenters. The number of nitrogens with one attached hydrogen (secondary N) is 1. The Morgan fingerprint density at radius 3 is 1.84 bits per heavy atom. The molecule has 6 aromatic rings. The van der Waals surface area contributed by atoms with E-state index in [0.29, 0.717) is 16.8 Å². The molecule has 0 saturated heterocycles. The van der Waals surface area contributed by atoms with E-state index in [9.17, 15) is 0 Å². The number of H-pyrrole nitrogens is 1. The number of hydrogen-bond donors (Lipinski definition) is 2. The Hall–Kier alpha value is -4.84. The Kier molecular flexibility index (Phi) is 5.49. The minimum absolute atomic E-state index is 0.184.